The quantitative estimate of drug-likeness (QED) is 0.810. The topological polar surface area (TPSA) is 35.2 Å². The zero-order valence-electron chi connectivity index (χ0n) is 11.1. The van der Waals surface area contributed by atoms with E-state index in [0.29, 0.717) is 11.4 Å². The van der Waals surface area contributed by atoms with Crippen molar-refractivity contribution < 1.29 is 17.9 Å². The minimum absolute atomic E-state index is 0.149. The van der Waals surface area contributed by atoms with Gasteiger partial charge >= 0.3 is 6.18 Å². The molecule has 0 atom stereocenters. The van der Waals surface area contributed by atoms with Crippen LogP contribution < -0.4 is 10.5 Å². The summed E-state index contributed by atoms with van der Waals surface area (Å²) in [7, 11) is 0. The molecule has 2 N–H and O–H groups in total. The maximum atomic E-state index is 12.6. The summed E-state index contributed by atoms with van der Waals surface area (Å²) in [5.41, 5.74) is 7.11. The highest BCUT2D eigenvalue weighted by molar-refractivity contribution is 5.53. The lowest BCUT2D eigenvalue weighted by Gasteiger charge is -2.14. The van der Waals surface area contributed by atoms with Crippen molar-refractivity contribution >= 4 is 5.69 Å². The van der Waals surface area contributed by atoms with Gasteiger partial charge in [-0.2, -0.15) is 13.2 Å². The smallest absolute Gasteiger partial charge is 0.416 e. The van der Waals surface area contributed by atoms with Gasteiger partial charge in [0.2, 0.25) is 0 Å². The highest BCUT2D eigenvalue weighted by Gasteiger charge is 2.30. The van der Waals surface area contributed by atoms with E-state index in [1.807, 2.05) is 0 Å². The Morgan fingerprint density at radius 1 is 1.00 bits per heavy atom. The normalized spacial score (nSPS) is 11.4. The number of alkyl halides is 3. The van der Waals surface area contributed by atoms with Gasteiger partial charge in [-0.15, -0.1) is 0 Å². The van der Waals surface area contributed by atoms with Gasteiger partial charge in [0.05, 0.1) is 5.56 Å². The lowest BCUT2D eigenvalue weighted by atomic mass is 10.1. The molecule has 0 fully saturated rings. The number of nitrogen functional groups attached to an aromatic ring is 1. The third kappa shape index (κ3) is 3.04. The molecule has 0 aliphatic carbocycles. The molecule has 106 valence electrons. The van der Waals surface area contributed by atoms with Gasteiger partial charge in [-0.3, -0.25) is 0 Å². The Hall–Kier alpha value is -2.17. The minimum atomic E-state index is -4.38. The lowest BCUT2D eigenvalue weighted by molar-refractivity contribution is -0.137. The summed E-state index contributed by atoms with van der Waals surface area (Å²) in [6, 6.07) is 8.24. The van der Waals surface area contributed by atoms with Crippen molar-refractivity contribution in [3.63, 3.8) is 0 Å². The molecular weight excluding hydrogens is 267 g/mol. The predicted molar refractivity (Wildman–Crippen MR) is 71.8 cm³/mol. The van der Waals surface area contributed by atoms with E-state index in [1.165, 1.54) is 12.1 Å². The minimum Gasteiger partial charge on any atom is -0.457 e. The van der Waals surface area contributed by atoms with E-state index in [4.69, 9.17) is 10.5 Å². The van der Waals surface area contributed by atoms with Crippen LogP contribution in [0.4, 0.5) is 18.9 Å². The van der Waals surface area contributed by atoms with Crippen LogP contribution in [0.2, 0.25) is 0 Å². The Labute approximate surface area is 115 Å². The van der Waals surface area contributed by atoms with Crippen molar-refractivity contribution in [1.82, 2.24) is 0 Å². The number of anilines is 1. The molecule has 0 aromatic heterocycles. The maximum Gasteiger partial charge on any atom is 0.416 e. The highest BCUT2D eigenvalue weighted by atomic mass is 19.4. The third-order valence-corrected chi connectivity index (χ3v) is 2.86. The second-order valence-corrected chi connectivity index (χ2v) is 4.61. The Morgan fingerprint density at radius 3 is 2.15 bits per heavy atom. The fourth-order valence-electron chi connectivity index (χ4n) is 2.00. The van der Waals surface area contributed by atoms with Crippen molar-refractivity contribution in [3.05, 3.63) is 53.1 Å². The summed E-state index contributed by atoms with van der Waals surface area (Å²) in [6.07, 6.45) is -4.38. The summed E-state index contributed by atoms with van der Waals surface area (Å²) in [5, 5.41) is 0. The van der Waals surface area contributed by atoms with E-state index in [-0.39, 0.29) is 5.75 Å². The Morgan fingerprint density at radius 2 is 1.60 bits per heavy atom. The third-order valence-electron chi connectivity index (χ3n) is 2.86. The van der Waals surface area contributed by atoms with Crippen LogP contribution in [0.15, 0.2) is 36.4 Å². The molecule has 0 radical (unpaired) electrons. The number of rotatable bonds is 2. The van der Waals surface area contributed by atoms with E-state index in [0.717, 1.165) is 23.3 Å². The van der Waals surface area contributed by atoms with Gasteiger partial charge in [0.1, 0.15) is 11.5 Å². The standard InChI is InChI=1S/C15H14F3NO/c1-9-6-12(19)7-10(2)14(9)20-13-5-3-4-11(8-13)15(16,17)18/h3-8H,19H2,1-2H3. The number of hydrogen-bond donors (Lipinski definition) is 1. The molecular formula is C15H14F3NO. The van der Waals surface area contributed by atoms with Crippen molar-refractivity contribution in [1.29, 1.82) is 0 Å². The van der Waals surface area contributed by atoms with Gasteiger partial charge in [-0.1, -0.05) is 6.07 Å². The van der Waals surface area contributed by atoms with Crippen LogP contribution in [0.3, 0.4) is 0 Å². The van der Waals surface area contributed by atoms with Crippen molar-refractivity contribution in [3.8, 4) is 11.5 Å². The van der Waals surface area contributed by atoms with Gasteiger partial charge < -0.3 is 10.5 Å². The summed E-state index contributed by atoms with van der Waals surface area (Å²) >= 11 is 0. The molecule has 5 heteroatoms. The molecule has 0 heterocycles. The maximum absolute atomic E-state index is 12.6. The van der Waals surface area contributed by atoms with Crippen LogP contribution in [0.5, 0.6) is 11.5 Å². The lowest BCUT2D eigenvalue weighted by Crippen LogP contribution is -2.04. The molecule has 2 aromatic carbocycles. The highest BCUT2D eigenvalue weighted by Crippen LogP contribution is 2.34. The average Bonchev–Trinajstić information content (AvgIpc) is 2.33. The molecule has 0 bridgehead atoms. The van der Waals surface area contributed by atoms with Gasteiger partial charge in [0.25, 0.3) is 0 Å². The number of hydrogen-bond acceptors (Lipinski definition) is 2. The van der Waals surface area contributed by atoms with Gasteiger partial charge in [0.15, 0.2) is 0 Å². The predicted octanol–water partition coefficient (Wildman–Crippen LogP) is 4.70. The van der Waals surface area contributed by atoms with E-state index in [1.54, 1.807) is 26.0 Å². The molecule has 2 rings (SSSR count). The largest absolute Gasteiger partial charge is 0.457 e. The SMILES string of the molecule is Cc1cc(N)cc(C)c1Oc1cccc(C(F)(F)F)c1. The Kier molecular flexibility index (Phi) is 3.61. The summed E-state index contributed by atoms with van der Waals surface area (Å²) in [5.74, 6) is 0.675. The summed E-state index contributed by atoms with van der Waals surface area (Å²) in [4.78, 5) is 0. The molecule has 0 saturated carbocycles. The molecule has 0 amide bonds. The molecule has 0 aliphatic rings. The van der Waals surface area contributed by atoms with Crippen molar-refractivity contribution in [2.24, 2.45) is 0 Å². The van der Waals surface area contributed by atoms with Gasteiger partial charge in [-0.05, 0) is 55.3 Å². The van der Waals surface area contributed by atoms with Crippen LogP contribution >= 0.6 is 0 Å². The van der Waals surface area contributed by atoms with Gasteiger partial charge in [-0.25, -0.2) is 0 Å². The molecule has 0 saturated heterocycles. The van der Waals surface area contributed by atoms with Crippen LogP contribution in [0.1, 0.15) is 16.7 Å². The zero-order chi connectivity index (χ0) is 14.9. The van der Waals surface area contributed by atoms with Crippen LogP contribution in [-0.4, -0.2) is 0 Å². The molecule has 20 heavy (non-hydrogen) atoms. The van der Waals surface area contributed by atoms with Crippen LogP contribution in [0.25, 0.3) is 0 Å². The number of benzene rings is 2. The monoisotopic (exact) mass is 281 g/mol. The fourth-order valence-corrected chi connectivity index (χ4v) is 2.00. The van der Waals surface area contributed by atoms with Crippen molar-refractivity contribution in [2.45, 2.75) is 20.0 Å². The summed E-state index contributed by atoms with van der Waals surface area (Å²) < 4.78 is 43.5. The Bertz CT molecular complexity index is 612. The molecule has 2 aromatic rings. The first-order chi connectivity index (χ1) is 9.27. The number of ether oxygens (including phenoxy) is 1. The fraction of sp³-hybridized carbons (Fsp3) is 0.200. The van der Waals surface area contributed by atoms with Crippen LogP contribution in [0, 0.1) is 13.8 Å². The van der Waals surface area contributed by atoms with Crippen molar-refractivity contribution in [2.75, 3.05) is 5.73 Å². The van der Waals surface area contributed by atoms with Gasteiger partial charge in [0, 0.05) is 5.69 Å². The van der Waals surface area contributed by atoms with E-state index < -0.39 is 11.7 Å². The second-order valence-electron chi connectivity index (χ2n) is 4.61. The first-order valence-corrected chi connectivity index (χ1v) is 5.99. The first-order valence-electron chi connectivity index (χ1n) is 5.99. The van der Waals surface area contributed by atoms with E-state index >= 15 is 0 Å². The summed E-state index contributed by atoms with van der Waals surface area (Å²) in [6.45, 7) is 3.60. The molecule has 0 aliphatic heterocycles. The second kappa shape index (κ2) is 5.07. The molecule has 0 unspecified atom stereocenters. The van der Waals surface area contributed by atoms with Crippen LogP contribution in [-0.2, 0) is 6.18 Å². The molecule has 0 spiro atoms. The molecule has 2 nitrogen and oxygen atoms in total. The Balaban J connectivity index is 2.36. The van der Waals surface area contributed by atoms with E-state index in [9.17, 15) is 13.2 Å². The number of aryl methyl sites for hydroxylation is 2. The zero-order valence-corrected chi connectivity index (χ0v) is 11.1. The average molecular weight is 281 g/mol. The first kappa shape index (κ1) is 14.2. The number of halogens is 3. The number of nitrogens with two attached hydrogens (primary N) is 1. The van der Waals surface area contributed by atoms with E-state index in [2.05, 4.69) is 0 Å².